The monoisotopic (exact) mass is 502 g/mol. The van der Waals surface area contributed by atoms with Crippen LogP contribution in [0.1, 0.15) is 30.5 Å². The lowest BCUT2D eigenvalue weighted by Gasteiger charge is -2.37. The molecule has 0 aliphatic carbocycles. The molecular formula is C34H31O2P. The second kappa shape index (κ2) is 11.1. The Morgan fingerprint density at radius 1 is 0.595 bits per heavy atom. The molecule has 5 aromatic rings. The van der Waals surface area contributed by atoms with E-state index in [4.69, 9.17) is 9.84 Å². The highest BCUT2D eigenvalue weighted by Crippen LogP contribution is 2.50. The van der Waals surface area contributed by atoms with Crippen LogP contribution in [-0.4, -0.2) is 5.11 Å². The summed E-state index contributed by atoms with van der Waals surface area (Å²) in [5.74, 6) is 1.94. The van der Waals surface area contributed by atoms with Gasteiger partial charge in [-0.2, -0.15) is 0 Å². The van der Waals surface area contributed by atoms with Crippen LogP contribution < -0.4 is 20.7 Å². The lowest BCUT2D eigenvalue weighted by atomic mass is 9.76. The summed E-state index contributed by atoms with van der Waals surface area (Å²) in [5.41, 5.74) is 3.38. The van der Waals surface area contributed by atoms with Crippen LogP contribution in [0.15, 0.2) is 133 Å². The quantitative estimate of drug-likeness (QED) is 0.267. The van der Waals surface area contributed by atoms with E-state index in [-0.39, 0.29) is 12.0 Å². The van der Waals surface area contributed by atoms with Gasteiger partial charge in [0.2, 0.25) is 0 Å². The molecule has 2 nitrogen and oxygen atoms in total. The van der Waals surface area contributed by atoms with Crippen molar-refractivity contribution in [2.75, 3.05) is 0 Å². The predicted octanol–water partition coefficient (Wildman–Crippen LogP) is 7.06. The molecule has 37 heavy (non-hydrogen) atoms. The molecule has 5 aromatic carbocycles. The second-order valence-corrected chi connectivity index (χ2v) is 11.7. The first kappa shape index (κ1) is 25.0. The van der Waals surface area contributed by atoms with E-state index in [9.17, 15) is 0 Å². The van der Waals surface area contributed by atoms with Crippen LogP contribution in [0, 0.1) is 0 Å². The van der Waals surface area contributed by atoms with Crippen LogP contribution in [0.25, 0.3) is 0 Å². The maximum atomic E-state index is 8.54. The molecule has 0 atom stereocenters. The van der Waals surface area contributed by atoms with Crippen molar-refractivity contribution in [1.82, 2.24) is 0 Å². The first-order chi connectivity index (χ1) is 18.1. The van der Waals surface area contributed by atoms with E-state index in [1.54, 1.807) is 0 Å². The van der Waals surface area contributed by atoms with Gasteiger partial charge in [0.15, 0.2) is 0 Å². The van der Waals surface area contributed by atoms with Gasteiger partial charge in [-0.3, -0.25) is 0 Å². The van der Waals surface area contributed by atoms with Crippen LogP contribution in [0.2, 0.25) is 0 Å². The van der Waals surface area contributed by atoms with Crippen LogP contribution in [0.4, 0.5) is 0 Å². The molecule has 0 amide bonds. The number of ether oxygens (including phenoxy) is 1. The fraction of sp³-hybridized carbons (Fsp3) is 0.118. The number of rotatable bonds is 4. The number of benzene rings is 5. The number of aliphatic hydroxyl groups excluding tert-OH is 1. The molecule has 0 aromatic heterocycles. The standard InChI is InChI=1S/C27H23OP.C7H8O/c1-27(2)22-16-9-10-17-23(22)28-24-18-11-19-25(26(24)27)29(20-12-5-3-6-13-20)21-14-7-4-8-15-21;8-6-7-4-2-1-3-5-7/h3-19H,1-2H3;1-5,8H,6H2. The molecule has 0 fully saturated rings. The Balaban J connectivity index is 0.000000301. The molecule has 1 heterocycles. The Labute approximate surface area is 221 Å². The maximum Gasteiger partial charge on any atom is 0.132 e. The Hall–Kier alpha value is -3.71. The van der Waals surface area contributed by atoms with Crippen molar-refractivity contribution < 1.29 is 9.84 Å². The predicted molar refractivity (Wildman–Crippen MR) is 156 cm³/mol. The zero-order chi connectivity index (χ0) is 25.7. The normalized spacial score (nSPS) is 13.0. The van der Waals surface area contributed by atoms with E-state index in [0.717, 1.165) is 17.1 Å². The molecule has 1 N–H and O–H groups in total. The third-order valence-corrected chi connectivity index (χ3v) is 9.19. The third kappa shape index (κ3) is 5.23. The van der Waals surface area contributed by atoms with Gasteiger partial charge in [0.1, 0.15) is 11.5 Å². The number of para-hydroxylation sites is 1. The molecular weight excluding hydrogens is 471 g/mol. The summed E-state index contributed by atoms with van der Waals surface area (Å²) in [6.07, 6.45) is 0. The molecule has 0 unspecified atom stereocenters. The molecule has 0 saturated carbocycles. The van der Waals surface area contributed by atoms with Crippen molar-refractivity contribution in [1.29, 1.82) is 0 Å². The Morgan fingerprint density at radius 3 is 1.68 bits per heavy atom. The molecule has 1 aliphatic heterocycles. The topological polar surface area (TPSA) is 29.5 Å². The average molecular weight is 503 g/mol. The zero-order valence-corrected chi connectivity index (χ0v) is 22.1. The van der Waals surface area contributed by atoms with E-state index in [2.05, 4.69) is 111 Å². The van der Waals surface area contributed by atoms with Crippen molar-refractivity contribution in [3.63, 3.8) is 0 Å². The van der Waals surface area contributed by atoms with Crippen molar-refractivity contribution in [3.8, 4) is 11.5 Å². The van der Waals surface area contributed by atoms with Crippen LogP contribution in [0.5, 0.6) is 11.5 Å². The van der Waals surface area contributed by atoms with Gasteiger partial charge in [-0.25, -0.2) is 0 Å². The van der Waals surface area contributed by atoms with E-state index in [0.29, 0.717) is 0 Å². The molecule has 1 aliphatic rings. The number of hydrogen-bond donors (Lipinski definition) is 1. The fourth-order valence-electron chi connectivity index (χ4n) is 4.91. The fourth-order valence-corrected chi connectivity index (χ4v) is 7.55. The summed E-state index contributed by atoms with van der Waals surface area (Å²) in [6, 6.07) is 46.2. The summed E-state index contributed by atoms with van der Waals surface area (Å²) in [5, 5.41) is 12.6. The number of aliphatic hydroxyl groups is 1. The number of hydrogen-bond acceptors (Lipinski definition) is 2. The molecule has 3 heteroatoms. The smallest absolute Gasteiger partial charge is 0.132 e. The lowest BCUT2D eigenvalue weighted by molar-refractivity contribution is 0.282. The van der Waals surface area contributed by atoms with Gasteiger partial charge in [-0.05, 0) is 41.5 Å². The molecule has 0 radical (unpaired) electrons. The van der Waals surface area contributed by atoms with Gasteiger partial charge in [0.05, 0.1) is 6.61 Å². The first-order valence-electron chi connectivity index (χ1n) is 12.6. The van der Waals surface area contributed by atoms with Gasteiger partial charge < -0.3 is 9.84 Å². The van der Waals surface area contributed by atoms with Crippen LogP contribution in [0.3, 0.4) is 0 Å². The number of fused-ring (bicyclic) bond motifs is 2. The molecule has 184 valence electrons. The summed E-state index contributed by atoms with van der Waals surface area (Å²) < 4.78 is 6.39. The van der Waals surface area contributed by atoms with Crippen molar-refractivity contribution in [3.05, 3.63) is 150 Å². The SMILES string of the molecule is CC1(C)c2ccccc2Oc2cccc(P(c3ccccc3)c3ccccc3)c21.OCc1ccccc1. The summed E-state index contributed by atoms with van der Waals surface area (Å²) >= 11 is 0. The van der Waals surface area contributed by atoms with E-state index in [1.165, 1.54) is 27.0 Å². The summed E-state index contributed by atoms with van der Waals surface area (Å²) in [6.45, 7) is 4.78. The Morgan fingerprint density at radius 2 is 1.11 bits per heavy atom. The van der Waals surface area contributed by atoms with Crippen molar-refractivity contribution in [2.45, 2.75) is 25.9 Å². The van der Waals surface area contributed by atoms with Gasteiger partial charge in [-0.15, -0.1) is 0 Å². The lowest BCUT2D eigenvalue weighted by Crippen LogP contribution is -2.33. The minimum atomic E-state index is -0.688. The van der Waals surface area contributed by atoms with Gasteiger partial charge >= 0.3 is 0 Å². The maximum absolute atomic E-state index is 8.54. The summed E-state index contributed by atoms with van der Waals surface area (Å²) in [4.78, 5) is 0. The Kier molecular flexibility index (Phi) is 7.51. The highest BCUT2D eigenvalue weighted by Gasteiger charge is 2.37. The van der Waals surface area contributed by atoms with E-state index < -0.39 is 7.92 Å². The van der Waals surface area contributed by atoms with E-state index in [1.807, 2.05) is 36.4 Å². The van der Waals surface area contributed by atoms with Crippen LogP contribution in [-0.2, 0) is 12.0 Å². The molecule has 0 spiro atoms. The molecule has 0 saturated heterocycles. The first-order valence-corrected chi connectivity index (χ1v) is 13.9. The second-order valence-electron chi connectivity index (χ2n) is 9.52. The molecule has 6 rings (SSSR count). The average Bonchev–Trinajstić information content (AvgIpc) is 2.95. The van der Waals surface area contributed by atoms with Gasteiger partial charge in [-0.1, -0.05) is 135 Å². The van der Waals surface area contributed by atoms with Crippen molar-refractivity contribution in [2.24, 2.45) is 0 Å². The van der Waals surface area contributed by atoms with Gasteiger partial charge in [0, 0.05) is 16.5 Å². The third-order valence-electron chi connectivity index (χ3n) is 6.70. The van der Waals surface area contributed by atoms with E-state index >= 15 is 0 Å². The highest BCUT2D eigenvalue weighted by molar-refractivity contribution is 7.79. The van der Waals surface area contributed by atoms with Crippen LogP contribution >= 0.6 is 7.92 Å². The minimum absolute atomic E-state index is 0.134. The highest BCUT2D eigenvalue weighted by atomic mass is 31.1. The van der Waals surface area contributed by atoms with Crippen molar-refractivity contribution >= 4 is 23.8 Å². The molecule has 0 bridgehead atoms. The van der Waals surface area contributed by atoms with Gasteiger partial charge in [0.25, 0.3) is 0 Å². The minimum Gasteiger partial charge on any atom is -0.457 e. The zero-order valence-electron chi connectivity index (χ0n) is 21.2. The largest absolute Gasteiger partial charge is 0.457 e. The Bertz CT molecular complexity index is 1410. The summed E-state index contributed by atoms with van der Waals surface area (Å²) in [7, 11) is -0.688.